The lowest BCUT2D eigenvalue weighted by atomic mass is 9.75. The lowest BCUT2D eigenvalue weighted by Gasteiger charge is -2.36. The minimum atomic E-state index is -0.106. The molecule has 1 heterocycles. The van der Waals surface area contributed by atoms with E-state index in [1.165, 1.54) is 12.8 Å². The molecule has 142 valence electrons. The number of carbonyl (C=O) groups excluding carboxylic acids is 1. The van der Waals surface area contributed by atoms with Crippen molar-refractivity contribution in [3.63, 3.8) is 0 Å². The number of ether oxygens (including phenoxy) is 1. The Labute approximate surface area is 157 Å². The highest BCUT2D eigenvalue weighted by atomic mass is 16.5. The summed E-state index contributed by atoms with van der Waals surface area (Å²) in [7, 11) is 2.07. The summed E-state index contributed by atoms with van der Waals surface area (Å²) in [6, 6.07) is 8.26. The first-order valence-corrected chi connectivity index (χ1v) is 10.1. The van der Waals surface area contributed by atoms with Crippen molar-refractivity contribution in [1.82, 2.24) is 4.57 Å². The maximum absolute atomic E-state index is 12.8. The Kier molecular flexibility index (Phi) is 5.69. The average molecular weight is 358 g/mol. The van der Waals surface area contributed by atoms with Gasteiger partial charge in [0.05, 0.1) is 7.05 Å². The molecule has 1 aromatic heterocycles. The van der Waals surface area contributed by atoms with E-state index in [9.17, 15) is 4.79 Å². The second-order valence-corrected chi connectivity index (χ2v) is 8.26. The topological polar surface area (TPSA) is 35.1 Å². The van der Waals surface area contributed by atoms with E-state index in [4.69, 9.17) is 4.74 Å². The van der Waals surface area contributed by atoms with E-state index in [2.05, 4.69) is 56.0 Å². The molecule has 2 aromatic rings. The molecule has 4 heteroatoms. The SMILES string of the molecule is CCc1n(CC(=O)OC2C[C@@H](C)CC[C@@H]2C(C)C)c2ccccc2[n+]1C. The lowest BCUT2D eigenvalue weighted by Crippen LogP contribution is -2.37. The van der Waals surface area contributed by atoms with E-state index in [-0.39, 0.29) is 12.1 Å². The first-order valence-electron chi connectivity index (χ1n) is 10.1. The fourth-order valence-corrected chi connectivity index (χ4v) is 4.63. The second-order valence-electron chi connectivity index (χ2n) is 8.26. The zero-order chi connectivity index (χ0) is 18.8. The minimum absolute atomic E-state index is 0.0619. The van der Waals surface area contributed by atoms with Gasteiger partial charge in [0.25, 0.3) is 5.82 Å². The molecular weight excluding hydrogens is 324 g/mol. The van der Waals surface area contributed by atoms with Crippen molar-refractivity contribution < 1.29 is 14.1 Å². The molecule has 4 nitrogen and oxygen atoms in total. The Balaban J connectivity index is 1.81. The van der Waals surface area contributed by atoms with Gasteiger partial charge in [0.1, 0.15) is 6.10 Å². The van der Waals surface area contributed by atoms with Crippen molar-refractivity contribution in [2.75, 3.05) is 0 Å². The van der Waals surface area contributed by atoms with E-state index in [1.807, 2.05) is 12.1 Å². The van der Waals surface area contributed by atoms with Crippen LogP contribution < -0.4 is 4.57 Å². The number of rotatable bonds is 5. The Morgan fingerprint density at radius 3 is 2.73 bits per heavy atom. The fourth-order valence-electron chi connectivity index (χ4n) is 4.63. The van der Waals surface area contributed by atoms with Crippen LogP contribution in [0.2, 0.25) is 0 Å². The molecule has 1 unspecified atom stereocenters. The number of aryl methyl sites for hydroxylation is 1. The molecular formula is C22H33N2O2+. The second kappa shape index (κ2) is 7.81. The van der Waals surface area contributed by atoms with E-state index in [0.717, 1.165) is 29.7 Å². The Morgan fingerprint density at radius 2 is 2.04 bits per heavy atom. The van der Waals surface area contributed by atoms with Gasteiger partial charge in [0, 0.05) is 6.42 Å². The van der Waals surface area contributed by atoms with E-state index in [1.54, 1.807) is 0 Å². The molecule has 1 aliphatic rings. The first kappa shape index (κ1) is 18.9. The van der Waals surface area contributed by atoms with Gasteiger partial charge in [-0.05, 0) is 42.7 Å². The van der Waals surface area contributed by atoms with Gasteiger partial charge in [0.2, 0.25) is 0 Å². The van der Waals surface area contributed by atoms with Crippen LogP contribution >= 0.6 is 0 Å². The molecule has 3 atom stereocenters. The van der Waals surface area contributed by atoms with Crippen molar-refractivity contribution in [2.45, 2.75) is 66.0 Å². The van der Waals surface area contributed by atoms with Gasteiger partial charge in [-0.25, -0.2) is 13.9 Å². The van der Waals surface area contributed by atoms with Crippen LogP contribution in [0.4, 0.5) is 0 Å². The predicted octanol–water partition coefficient (Wildman–Crippen LogP) is 4.03. The standard InChI is InChI=1S/C22H33N2O2/c1-6-21-23(5)18-9-7-8-10-19(18)24(21)14-22(25)26-20-13-16(4)11-12-17(20)15(2)3/h7-10,15-17,20H,6,11-14H2,1-5H3/q+1/t16-,17+,20?/m0/s1. The third-order valence-electron chi connectivity index (χ3n) is 6.08. The van der Waals surface area contributed by atoms with Gasteiger partial charge >= 0.3 is 5.97 Å². The Morgan fingerprint density at radius 1 is 1.31 bits per heavy atom. The summed E-state index contributed by atoms with van der Waals surface area (Å²) in [5, 5.41) is 0. The molecule has 0 saturated heterocycles. The Bertz CT molecular complexity index is 778. The average Bonchev–Trinajstić information content (AvgIpc) is 2.86. The molecule has 26 heavy (non-hydrogen) atoms. The summed E-state index contributed by atoms with van der Waals surface area (Å²) in [4.78, 5) is 12.8. The van der Waals surface area contributed by atoms with Crippen LogP contribution in [0.25, 0.3) is 11.0 Å². The number of esters is 1. The highest BCUT2D eigenvalue weighted by Gasteiger charge is 2.34. The van der Waals surface area contributed by atoms with Crippen LogP contribution in [-0.4, -0.2) is 16.6 Å². The monoisotopic (exact) mass is 357 g/mol. The maximum atomic E-state index is 12.8. The van der Waals surface area contributed by atoms with E-state index in [0.29, 0.717) is 24.3 Å². The van der Waals surface area contributed by atoms with Crippen molar-refractivity contribution >= 4 is 17.0 Å². The number of hydrogen-bond donors (Lipinski definition) is 0. The predicted molar refractivity (Wildman–Crippen MR) is 104 cm³/mol. The van der Waals surface area contributed by atoms with Gasteiger partial charge in [0.15, 0.2) is 17.6 Å². The van der Waals surface area contributed by atoms with Gasteiger partial charge in [-0.1, -0.05) is 46.2 Å². The van der Waals surface area contributed by atoms with Crippen LogP contribution in [-0.2, 0) is 29.5 Å². The van der Waals surface area contributed by atoms with Gasteiger partial charge in [-0.3, -0.25) is 0 Å². The molecule has 1 fully saturated rings. The first-order chi connectivity index (χ1) is 12.4. The fraction of sp³-hybridized carbons (Fsp3) is 0.636. The number of hydrogen-bond acceptors (Lipinski definition) is 2. The summed E-state index contributed by atoms with van der Waals surface area (Å²) in [6.45, 7) is 9.19. The molecule has 0 aliphatic heterocycles. The Hall–Kier alpha value is -1.84. The molecule has 1 saturated carbocycles. The number of benzene rings is 1. The zero-order valence-electron chi connectivity index (χ0n) is 16.9. The molecule has 1 aliphatic carbocycles. The van der Waals surface area contributed by atoms with Gasteiger partial charge in [-0.15, -0.1) is 0 Å². The van der Waals surface area contributed by atoms with Crippen LogP contribution in [0.1, 0.15) is 52.8 Å². The summed E-state index contributed by atoms with van der Waals surface area (Å²) in [5.41, 5.74) is 2.25. The van der Waals surface area contributed by atoms with Crippen LogP contribution in [0.3, 0.4) is 0 Å². The molecule has 0 bridgehead atoms. The van der Waals surface area contributed by atoms with Crippen molar-refractivity contribution in [1.29, 1.82) is 0 Å². The smallest absolute Gasteiger partial charge is 0.348 e. The molecule has 1 aromatic carbocycles. The van der Waals surface area contributed by atoms with Crippen molar-refractivity contribution in [3.05, 3.63) is 30.1 Å². The number of imidazole rings is 1. The van der Waals surface area contributed by atoms with E-state index < -0.39 is 0 Å². The maximum Gasteiger partial charge on any atom is 0.348 e. The molecule has 0 amide bonds. The number of aromatic nitrogens is 2. The third-order valence-corrected chi connectivity index (χ3v) is 6.08. The lowest BCUT2D eigenvalue weighted by molar-refractivity contribution is -0.653. The quantitative estimate of drug-likeness (QED) is 0.598. The highest BCUT2D eigenvalue weighted by Crippen LogP contribution is 2.35. The molecule has 0 N–H and O–H groups in total. The summed E-state index contributed by atoms with van der Waals surface area (Å²) < 4.78 is 10.3. The van der Waals surface area contributed by atoms with Crippen LogP contribution in [0.5, 0.6) is 0 Å². The molecule has 3 rings (SSSR count). The van der Waals surface area contributed by atoms with Crippen LogP contribution in [0.15, 0.2) is 24.3 Å². The van der Waals surface area contributed by atoms with Crippen molar-refractivity contribution in [3.8, 4) is 0 Å². The number of carbonyl (C=O) groups is 1. The summed E-state index contributed by atoms with van der Waals surface area (Å²) in [5.74, 6) is 2.72. The zero-order valence-corrected chi connectivity index (χ0v) is 16.9. The van der Waals surface area contributed by atoms with Gasteiger partial charge in [-0.2, -0.15) is 0 Å². The van der Waals surface area contributed by atoms with E-state index >= 15 is 0 Å². The minimum Gasteiger partial charge on any atom is -0.459 e. The molecule has 0 radical (unpaired) electrons. The summed E-state index contributed by atoms with van der Waals surface area (Å²) >= 11 is 0. The van der Waals surface area contributed by atoms with Crippen molar-refractivity contribution in [2.24, 2.45) is 24.8 Å². The van der Waals surface area contributed by atoms with Crippen LogP contribution in [0, 0.1) is 17.8 Å². The number of fused-ring (bicyclic) bond motifs is 1. The number of nitrogens with zero attached hydrogens (tertiary/aromatic N) is 2. The molecule has 0 spiro atoms. The van der Waals surface area contributed by atoms with Gasteiger partial charge < -0.3 is 4.74 Å². The highest BCUT2D eigenvalue weighted by molar-refractivity contribution is 5.76. The largest absolute Gasteiger partial charge is 0.459 e. The number of para-hydroxylation sites is 2. The normalized spacial score (nSPS) is 23.5. The third kappa shape index (κ3) is 3.65. The summed E-state index contributed by atoms with van der Waals surface area (Å²) in [6.07, 6.45) is 4.35.